The van der Waals surface area contributed by atoms with Crippen molar-refractivity contribution in [1.29, 1.82) is 0 Å². The molecule has 0 aliphatic heterocycles. The molecule has 0 atom stereocenters. The van der Waals surface area contributed by atoms with Crippen molar-refractivity contribution in [3.8, 4) is 11.6 Å². The van der Waals surface area contributed by atoms with E-state index < -0.39 is 5.97 Å². The third kappa shape index (κ3) is 3.31. The van der Waals surface area contributed by atoms with E-state index in [2.05, 4.69) is 4.98 Å². The van der Waals surface area contributed by atoms with Gasteiger partial charge in [-0.25, -0.2) is 9.78 Å². The van der Waals surface area contributed by atoms with Gasteiger partial charge in [0.05, 0.1) is 6.61 Å². The number of esters is 1. The zero-order chi connectivity index (χ0) is 13.7. The van der Waals surface area contributed by atoms with Crippen LogP contribution in [0, 0.1) is 6.92 Å². The summed E-state index contributed by atoms with van der Waals surface area (Å²) in [5.41, 5.74) is 1.46. The number of hydrogen-bond acceptors (Lipinski definition) is 4. The lowest BCUT2D eigenvalue weighted by atomic mass is 10.2. The second-order valence-corrected chi connectivity index (χ2v) is 3.99. The first-order valence-corrected chi connectivity index (χ1v) is 6.07. The van der Waals surface area contributed by atoms with Gasteiger partial charge in [-0.3, -0.25) is 0 Å². The molecule has 0 saturated heterocycles. The molecule has 4 nitrogen and oxygen atoms in total. The quantitative estimate of drug-likeness (QED) is 0.788. The van der Waals surface area contributed by atoms with Crippen LogP contribution in [0.5, 0.6) is 11.6 Å². The maximum atomic E-state index is 11.8. The number of rotatable bonds is 4. The highest BCUT2D eigenvalue weighted by Crippen LogP contribution is 2.23. The standard InChI is InChI=1S/C15H15NO3/c1-3-18-15(17)13-5-4-10-16-14(13)19-12-8-6-11(2)7-9-12/h4-10H,3H2,1-2H3. The molecular weight excluding hydrogens is 242 g/mol. The third-order valence-electron chi connectivity index (χ3n) is 2.50. The summed E-state index contributed by atoms with van der Waals surface area (Å²) in [5, 5.41) is 0. The zero-order valence-corrected chi connectivity index (χ0v) is 10.9. The molecule has 0 radical (unpaired) electrons. The first kappa shape index (κ1) is 13.1. The van der Waals surface area contributed by atoms with E-state index in [1.807, 2.05) is 31.2 Å². The zero-order valence-electron chi connectivity index (χ0n) is 10.9. The number of pyridine rings is 1. The highest BCUT2D eigenvalue weighted by Gasteiger charge is 2.14. The Kier molecular flexibility index (Phi) is 4.13. The van der Waals surface area contributed by atoms with Crippen molar-refractivity contribution in [2.75, 3.05) is 6.61 Å². The molecule has 0 spiro atoms. The highest BCUT2D eigenvalue weighted by atomic mass is 16.5. The monoisotopic (exact) mass is 257 g/mol. The largest absolute Gasteiger partial charge is 0.462 e. The number of carbonyl (C=O) groups is 1. The van der Waals surface area contributed by atoms with Gasteiger partial charge in [-0.15, -0.1) is 0 Å². The summed E-state index contributed by atoms with van der Waals surface area (Å²) in [5.74, 6) is 0.456. The molecule has 2 rings (SSSR count). The topological polar surface area (TPSA) is 48.4 Å². The Morgan fingerprint density at radius 2 is 1.95 bits per heavy atom. The molecule has 0 saturated carbocycles. The smallest absolute Gasteiger partial charge is 0.343 e. The predicted molar refractivity (Wildman–Crippen MR) is 71.4 cm³/mol. The van der Waals surface area contributed by atoms with Gasteiger partial charge in [0.2, 0.25) is 5.88 Å². The highest BCUT2D eigenvalue weighted by molar-refractivity contribution is 5.91. The number of carbonyl (C=O) groups excluding carboxylic acids is 1. The molecule has 0 N–H and O–H groups in total. The second-order valence-electron chi connectivity index (χ2n) is 3.99. The van der Waals surface area contributed by atoms with E-state index in [0.29, 0.717) is 17.9 Å². The van der Waals surface area contributed by atoms with E-state index in [0.717, 1.165) is 5.56 Å². The Balaban J connectivity index is 2.24. The Bertz CT molecular complexity index is 564. The van der Waals surface area contributed by atoms with Crippen molar-refractivity contribution in [2.45, 2.75) is 13.8 Å². The molecule has 98 valence electrons. The average Bonchev–Trinajstić information content (AvgIpc) is 2.42. The van der Waals surface area contributed by atoms with E-state index in [4.69, 9.17) is 9.47 Å². The fraction of sp³-hybridized carbons (Fsp3) is 0.200. The first-order valence-electron chi connectivity index (χ1n) is 6.07. The van der Waals surface area contributed by atoms with Crippen LogP contribution in [0.3, 0.4) is 0 Å². The third-order valence-corrected chi connectivity index (χ3v) is 2.50. The number of ether oxygens (including phenoxy) is 2. The van der Waals surface area contributed by atoms with Gasteiger partial charge in [-0.2, -0.15) is 0 Å². The Morgan fingerprint density at radius 3 is 2.63 bits per heavy atom. The van der Waals surface area contributed by atoms with Gasteiger partial charge < -0.3 is 9.47 Å². The molecule has 0 aliphatic rings. The molecule has 1 heterocycles. The van der Waals surface area contributed by atoms with Crippen molar-refractivity contribution >= 4 is 5.97 Å². The number of aromatic nitrogens is 1. The van der Waals surface area contributed by atoms with Crippen LogP contribution in [0.2, 0.25) is 0 Å². The SMILES string of the molecule is CCOC(=O)c1cccnc1Oc1ccc(C)cc1. The number of aryl methyl sites for hydroxylation is 1. The summed E-state index contributed by atoms with van der Waals surface area (Å²) in [4.78, 5) is 15.8. The predicted octanol–water partition coefficient (Wildman–Crippen LogP) is 3.36. The molecule has 1 aromatic carbocycles. The first-order chi connectivity index (χ1) is 9.20. The molecule has 0 amide bonds. The van der Waals surface area contributed by atoms with Crippen LogP contribution in [-0.4, -0.2) is 17.6 Å². The normalized spacial score (nSPS) is 10.0. The summed E-state index contributed by atoms with van der Waals surface area (Å²) in [6.07, 6.45) is 1.58. The van der Waals surface area contributed by atoms with Gasteiger partial charge >= 0.3 is 5.97 Å². The minimum atomic E-state index is -0.433. The molecule has 4 heteroatoms. The van der Waals surface area contributed by atoms with Crippen LogP contribution >= 0.6 is 0 Å². The fourth-order valence-electron chi connectivity index (χ4n) is 1.55. The minimum absolute atomic E-state index is 0.254. The van der Waals surface area contributed by atoms with E-state index in [1.165, 1.54) is 0 Å². The maximum absolute atomic E-state index is 11.8. The fourth-order valence-corrected chi connectivity index (χ4v) is 1.55. The van der Waals surface area contributed by atoms with Crippen LogP contribution in [0.4, 0.5) is 0 Å². The number of hydrogen-bond donors (Lipinski definition) is 0. The van der Waals surface area contributed by atoms with E-state index in [9.17, 15) is 4.79 Å². The van der Waals surface area contributed by atoms with E-state index in [1.54, 1.807) is 25.3 Å². The van der Waals surface area contributed by atoms with Crippen LogP contribution in [0.25, 0.3) is 0 Å². The summed E-state index contributed by atoms with van der Waals surface area (Å²) in [6.45, 7) is 4.07. The van der Waals surface area contributed by atoms with Crippen molar-refractivity contribution in [1.82, 2.24) is 4.98 Å². The Labute approximate surface area is 112 Å². The lowest BCUT2D eigenvalue weighted by molar-refractivity contribution is 0.0522. The van der Waals surface area contributed by atoms with Gasteiger partial charge in [-0.05, 0) is 38.1 Å². The molecule has 0 aliphatic carbocycles. The van der Waals surface area contributed by atoms with Gasteiger partial charge in [0.1, 0.15) is 11.3 Å². The maximum Gasteiger partial charge on any atom is 0.343 e. The molecule has 0 unspecified atom stereocenters. The molecule has 0 fully saturated rings. The van der Waals surface area contributed by atoms with E-state index >= 15 is 0 Å². The van der Waals surface area contributed by atoms with Crippen molar-refractivity contribution < 1.29 is 14.3 Å². The summed E-state index contributed by atoms with van der Waals surface area (Å²) < 4.78 is 10.6. The summed E-state index contributed by atoms with van der Waals surface area (Å²) in [6, 6.07) is 10.8. The molecule has 1 aromatic heterocycles. The summed E-state index contributed by atoms with van der Waals surface area (Å²) >= 11 is 0. The van der Waals surface area contributed by atoms with Crippen molar-refractivity contribution in [2.24, 2.45) is 0 Å². The van der Waals surface area contributed by atoms with Gasteiger partial charge in [-0.1, -0.05) is 17.7 Å². The van der Waals surface area contributed by atoms with Gasteiger partial charge in [0, 0.05) is 6.20 Å². The summed E-state index contributed by atoms with van der Waals surface area (Å²) in [7, 11) is 0. The average molecular weight is 257 g/mol. The number of nitrogens with zero attached hydrogens (tertiary/aromatic N) is 1. The van der Waals surface area contributed by atoms with Crippen molar-refractivity contribution in [3.63, 3.8) is 0 Å². The Morgan fingerprint density at radius 1 is 1.21 bits per heavy atom. The minimum Gasteiger partial charge on any atom is -0.462 e. The van der Waals surface area contributed by atoms with Crippen molar-refractivity contribution in [3.05, 3.63) is 53.7 Å². The lowest BCUT2D eigenvalue weighted by Gasteiger charge is -2.09. The van der Waals surface area contributed by atoms with Crippen LogP contribution in [0.15, 0.2) is 42.6 Å². The van der Waals surface area contributed by atoms with E-state index in [-0.39, 0.29) is 5.88 Å². The molecule has 0 bridgehead atoms. The molecular formula is C15H15NO3. The molecule has 2 aromatic rings. The molecule has 19 heavy (non-hydrogen) atoms. The lowest BCUT2D eigenvalue weighted by Crippen LogP contribution is -2.07. The van der Waals surface area contributed by atoms with Gasteiger partial charge in [0.15, 0.2) is 0 Å². The van der Waals surface area contributed by atoms with Gasteiger partial charge in [0.25, 0.3) is 0 Å². The Hall–Kier alpha value is -2.36. The van der Waals surface area contributed by atoms with Crippen LogP contribution < -0.4 is 4.74 Å². The van der Waals surface area contributed by atoms with Crippen LogP contribution in [0.1, 0.15) is 22.8 Å². The second kappa shape index (κ2) is 6.00. The van der Waals surface area contributed by atoms with Crippen LogP contribution in [-0.2, 0) is 4.74 Å². The number of benzene rings is 1.